The van der Waals surface area contributed by atoms with E-state index in [1.165, 1.54) is 24.1 Å². The number of unbranched alkanes of at least 4 members (excludes halogenated alkanes) is 3. The van der Waals surface area contributed by atoms with Crippen LogP contribution in [0.5, 0.6) is 0 Å². The molecule has 20 heavy (non-hydrogen) atoms. The highest BCUT2D eigenvalue weighted by Gasteiger charge is 2.19. The third-order valence-corrected chi connectivity index (χ3v) is 4.62. The monoisotopic (exact) mass is 298 g/mol. The number of carboxylic acid groups (broad SMARTS) is 1. The first-order chi connectivity index (χ1) is 9.45. The Morgan fingerprint density at radius 2 is 2.05 bits per heavy atom. The van der Waals surface area contributed by atoms with E-state index in [0.717, 1.165) is 23.8 Å². The minimum atomic E-state index is -0.742. The number of hydrogen-bond donors (Lipinski definition) is 1. The molecule has 0 aliphatic rings. The van der Waals surface area contributed by atoms with Crippen LogP contribution in [-0.4, -0.2) is 29.1 Å². The maximum atomic E-state index is 11.1. The second-order valence-electron chi connectivity index (χ2n) is 5.38. The summed E-state index contributed by atoms with van der Waals surface area (Å²) in [6.45, 7) is 9.45. The Bertz CT molecular complexity index is 412. The fourth-order valence-corrected chi connectivity index (χ4v) is 2.94. The van der Waals surface area contributed by atoms with Crippen LogP contribution in [0.3, 0.4) is 0 Å². The number of carbonyl (C=O) groups is 1. The first-order valence-corrected chi connectivity index (χ1v) is 8.19. The third-order valence-electron chi connectivity index (χ3n) is 3.49. The van der Waals surface area contributed by atoms with E-state index in [1.807, 2.05) is 6.92 Å². The van der Waals surface area contributed by atoms with Crippen LogP contribution in [-0.2, 0) is 4.79 Å². The summed E-state index contributed by atoms with van der Waals surface area (Å²) in [5.74, 6) is -1.11. The molecule has 1 atom stereocenters. The molecular weight excluding hydrogens is 272 g/mol. The molecule has 1 rings (SSSR count). The number of aromatic nitrogens is 1. The van der Waals surface area contributed by atoms with Gasteiger partial charge in [-0.15, -0.1) is 11.3 Å². The molecule has 0 aliphatic carbocycles. The molecule has 0 fully saturated rings. The van der Waals surface area contributed by atoms with E-state index < -0.39 is 5.97 Å². The second kappa shape index (κ2) is 8.25. The quantitative estimate of drug-likeness (QED) is 0.703. The van der Waals surface area contributed by atoms with Crippen molar-refractivity contribution in [3.8, 4) is 0 Å². The summed E-state index contributed by atoms with van der Waals surface area (Å²) in [5.41, 5.74) is 1.05. The topological polar surface area (TPSA) is 53.4 Å². The molecule has 0 saturated carbocycles. The molecule has 0 aliphatic heterocycles. The molecule has 0 amide bonds. The van der Waals surface area contributed by atoms with Gasteiger partial charge < -0.3 is 10.0 Å². The van der Waals surface area contributed by atoms with Crippen molar-refractivity contribution < 1.29 is 9.90 Å². The van der Waals surface area contributed by atoms with Gasteiger partial charge in [0.1, 0.15) is 0 Å². The van der Waals surface area contributed by atoms with Crippen LogP contribution in [0, 0.1) is 19.8 Å². The van der Waals surface area contributed by atoms with Gasteiger partial charge in [-0.3, -0.25) is 4.79 Å². The van der Waals surface area contributed by atoms with Gasteiger partial charge in [-0.1, -0.05) is 33.1 Å². The Kier molecular flexibility index (Phi) is 6.99. The van der Waals surface area contributed by atoms with Crippen molar-refractivity contribution in [1.82, 2.24) is 4.98 Å². The zero-order valence-corrected chi connectivity index (χ0v) is 13.8. The lowest BCUT2D eigenvalue weighted by molar-refractivity contribution is -0.140. The highest BCUT2D eigenvalue weighted by molar-refractivity contribution is 7.15. The average molecular weight is 298 g/mol. The van der Waals surface area contributed by atoms with E-state index in [0.29, 0.717) is 6.54 Å². The normalized spacial score (nSPS) is 12.4. The minimum Gasteiger partial charge on any atom is -0.481 e. The first kappa shape index (κ1) is 17.0. The number of aryl methyl sites for hydroxylation is 2. The number of aliphatic carboxylic acids is 1. The predicted molar refractivity (Wildman–Crippen MR) is 84.7 cm³/mol. The lowest BCUT2D eigenvalue weighted by atomic mass is 10.1. The molecule has 1 N–H and O–H groups in total. The molecule has 0 aromatic carbocycles. The fraction of sp³-hybridized carbons (Fsp3) is 0.733. The highest BCUT2D eigenvalue weighted by atomic mass is 32.1. The molecule has 1 aromatic rings. The molecule has 1 aromatic heterocycles. The Balaban J connectivity index is 2.70. The van der Waals surface area contributed by atoms with E-state index in [-0.39, 0.29) is 5.92 Å². The SMILES string of the molecule is CCCCCCN(CC(C)C(=O)O)c1nc(C)c(C)s1. The smallest absolute Gasteiger partial charge is 0.308 e. The summed E-state index contributed by atoms with van der Waals surface area (Å²) in [7, 11) is 0. The Hall–Kier alpha value is -1.10. The number of thiazole rings is 1. The van der Waals surface area contributed by atoms with Crippen LogP contribution in [0.15, 0.2) is 0 Å². The maximum Gasteiger partial charge on any atom is 0.308 e. The largest absolute Gasteiger partial charge is 0.481 e. The number of hydrogen-bond acceptors (Lipinski definition) is 4. The molecule has 0 bridgehead atoms. The van der Waals surface area contributed by atoms with Crippen LogP contribution in [0.2, 0.25) is 0 Å². The minimum absolute atomic E-state index is 0.370. The first-order valence-electron chi connectivity index (χ1n) is 7.37. The summed E-state index contributed by atoms with van der Waals surface area (Å²) < 4.78 is 0. The van der Waals surface area contributed by atoms with E-state index >= 15 is 0 Å². The molecular formula is C15H26N2O2S. The van der Waals surface area contributed by atoms with Gasteiger partial charge in [0.05, 0.1) is 11.6 Å². The van der Waals surface area contributed by atoms with Crippen molar-refractivity contribution in [3.05, 3.63) is 10.6 Å². The molecule has 0 spiro atoms. The van der Waals surface area contributed by atoms with E-state index in [9.17, 15) is 4.79 Å². The van der Waals surface area contributed by atoms with Crippen molar-refractivity contribution >= 4 is 22.4 Å². The van der Waals surface area contributed by atoms with Gasteiger partial charge in [-0.2, -0.15) is 0 Å². The van der Waals surface area contributed by atoms with Crippen LogP contribution < -0.4 is 4.90 Å². The summed E-state index contributed by atoms with van der Waals surface area (Å²) >= 11 is 1.66. The number of anilines is 1. The van der Waals surface area contributed by atoms with Gasteiger partial charge in [0.25, 0.3) is 0 Å². The van der Waals surface area contributed by atoms with Crippen LogP contribution in [0.25, 0.3) is 0 Å². The Labute approximate surface area is 125 Å². The average Bonchev–Trinajstić information content (AvgIpc) is 2.73. The lowest BCUT2D eigenvalue weighted by Crippen LogP contribution is -2.32. The van der Waals surface area contributed by atoms with Crippen molar-refractivity contribution in [1.29, 1.82) is 0 Å². The molecule has 1 heterocycles. The number of nitrogens with zero attached hydrogens (tertiary/aromatic N) is 2. The van der Waals surface area contributed by atoms with Gasteiger partial charge in [-0.05, 0) is 20.3 Å². The van der Waals surface area contributed by atoms with Gasteiger partial charge in [0, 0.05) is 18.0 Å². The third kappa shape index (κ3) is 5.12. The molecule has 0 radical (unpaired) electrons. The molecule has 1 unspecified atom stereocenters. The van der Waals surface area contributed by atoms with Crippen molar-refractivity contribution in [2.75, 3.05) is 18.0 Å². The Morgan fingerprint density at radius 3 is 2.55 bits per heavy atom. The molecule has 0 saturated heterocycles. The zero-order valence-electron chi connectivity index (χ0n) is 13.0. The maximum absolute atomic E-state index is 11.1. The van der Waals surface area contributed by atoms with Crippen LogP contribution in [0.4, 0.5) is 5.13 Å². The molecule has 114 valence electrons. The van der Waals surface area contributed by atoms with Crippen molar-refractivity contribution in [2.45, 2.75) is 53.4 Å². The van der Waals surface area contributed by atoms with E-state index in [2.05, 4.69) is 23.7 Å². The van der Waals surface area contributed by atoms with Crippen LogP contribution in [0.1, 0.15) is 50.1 Å². The van der Waals surface area contributed by atoms with Crippen molar-refractivity contribution in [2.24, 2.45) is 5.92 Å². The van der Waals surface area contributed by atoms with Crippen molar-refractivity contribution in [3.63, 3.8) is 0 Å². The number of rotatable bonds is 9. The summed E-state index contributed by atoms with van der Waals surface area (Å²) in [5, 5.41) is 10.1. The van der Waals surface area contributed by atoms with E-state index in [4.69, 9.17) is 5.11 Å². The van der Waals surface area contributed by atoms with Crippen LogP contribution >= 0.6 is 11.3 Å². The molecule has 5 heteroatoms. The Morgan fingerprint density at radius 1 is 1.35 bits per heavy atom. The van der Waals surface area contributed by atoms with E-state index in [1.54, 1.807) is 18.3 Å². The second-order valence-corrected chi connectivity index (χ2v) is 6.57. The predicted octanol–water partition coefficient (Wildman–Crippen LogP) is 3.87. The fourth-order valence-electron chi connectivity index (χ4n) is 1.99. The summed E-state index contributed by atoms with van der Waals surface area (Å²) in [6.07, 6.45) is 4.73. The summed E-state index contributed by atoms with van der Waals surface area (Å²) in [4.78, 5) is 19.0. The zero-order chi connectivity index (χ0) is 15.1. The lowest BCUT2D eigenvalue weighted by Gasteiger charge is -2.23. The number of carboxylic acids is 1. The van der Waals surface area contributed by atoms with Gasteiger partial charge >= 0.3 is 5.97 Å². The summed E-state index contributed by atoms with van der Waals surface area (Å²) in [6, 6.07) is 0. The van der Waals surface area contributed by atoms with Gasteiger partial charge in [0.2, 0.25) is 0 Å². The highest BCUT2D eigenvalue weighted by Crippen LogP contribution is 2.26. The van der Waals surface area contributed by atoms with Gasteiger partial charge in [-0.25, -0.2) is 4.98 Å². The standard InChI is InChI=1S/C15H26N2O2S/c1-5-6-7-8-9-17(10-11(2)14(18)19)15-16-12(3)13(4)20-15/h11H,5-10H2,1-4H3,(H,18,19). The van der Waals surface area contributed by atoms with Gasteiger partial charge in [0.15, 0.2) is 5.13 Å². The molecule has 4 nitrogen and oxygen atoms in total.